The number of hydrogen-bond acceptors (Lipinski definition) is 4. The second-order valence-corrected chi connectivity index (χ2v) is 11.7. The van der Waals surface area contributed by atoms with Crippen LogP contribution in [0, 0.1) is 18.3 Å². The lowest BCUT2D eigenvalue weighted by atomic mass is 9.97. The molecular formula is C34H47N3O4. The van der Waals surface area contributed by atoms with Gasteiger partial charge in [0.15, 0.2) is 0 Å². The van der Waals surface area contributed by atoms with E-state index < -0.39 is 23.8 Å². The lowest BCUT2D eigenvalue weighted by Crippen LogP contribution is -2.55. The van der Waals surface area contributed by atoms with E-state index in [-0.39, 0.29) is 17.7 Å². The molecule has 3 amide bonds. The zero-order valence-corrected chi connectivity index (χ0v) is 25.5. The Labute approximate surface area is 246 Å². The minimum atomic E-state index is -0.911. The first-order valence-electron chi connectivity index (χ1n) is 14.6. The molecule has 2 aromatic rings. The molecule has 0 aromatic heterocycles. The Hall–Kier alpha value is -3.79. The quantitative estimate of drug-likeness (QED) is 0.207. The van der Waals surface area contributed by atoms with Crippen LogP contribution in [0.15, 0.2) is 54.6 Å². The minimum Gasteiger partial charge on any atom is -0.444 e. The van der Waals surface area contributed by atoms with E-state index in [0.29, 0.717) is 24.2 Å². The standard InChI is InChI=1S/C34H47N3O4/c1-8-10-11-12-16-23-37(32(39)29(25(3)4)36-33(40)41-34(5,6)7)30(28-21-19-26(9-2)20-22-28)31(38)35-24-27-17-14-13-15-18-27/h2,13-15,17-22,25,29-30H,8,10-12,16,23-24H2,1,3-7H3,(H,35,38)(H,36,40). The Kier molecular flexibility index (Phi) is 13.4. The van der Waals surface area contributed by atoms with Gasteiger partial charge in [-0.15, -0.1) is 6.42 Å². The fourth-order valence-electron chi connectivity index (χ4n) is 4.50. The highest BCUT2D eigenvalue weighted by Gasteiger charge is 2.37. The molecule has 2 N–H and O–H groups in total. The number of ether oxygens (including phenoxy) is 1. The van der Waals surface area contributed by atoms with Gasteiger partial charge in [0, 0.05) is 18.7 Å². The van der Waals surface area contributed by atoms with Crippen LogP contribution in [0.1, 0.15) is 96.4 Å². The third kappa shape index (κ3) is 11.3. The highest BCUT2D eigenvalue weighted by atomic mass is 16.6. The van der Waals surface area contributed by atoms with Gasteiger partial charge in [0.25, 0.3) is 0 Å². The summed E-state index contributed by atoms with van der Waals surface area (Å²) < 4.78 is 5.46. The molecule has 2 atom stereocenters. The molecule has 0 saturated carbocycles. The number of benzene rings is 2. The summed E-state index contributed by atoms with van der Waals surface area (Å²) in [7, 11) is 0. The maximum atomic E-state index is 14.3. The average Bonchev–Trinajstić information content (AvgIpc) is 2.93. The monoisotopic (exact) mass is 561 g/mol. The Morgan fingerprint density at radius 3 is 2.15 bits per heavy atom. The van der Waals surface area contributed by atoms with Gasteiger partial charge in [-0.2, -0.15) is 0 Å². The lowest BCUT2D eigenvalue weighted by Gasteiger charge is -2.35. The van der Waals surface area contributed by atoms with Crippen molar-refractivity contribution < 1.29 is 19.1 Å². The fourth-order valence-corrected chi connectivity index (χ4v) is 4.50. The second-order valence-electron chi connectivity index (χ2n) is 11.7. The molecular weight excluding hydrogens is 514 g/mol. The van der Waals surface area contributed by atoms with E-state index in [2.05, 4.69) is 23.5 Å². The van der Waals surface area contributed by atoms with Crippen LogP contribution in [0.4, 0.5) is 4.79 Å². The number of rotatable bonds is 14. The van der Waals surface area contributed by atoms with E-state index in [4.69, 9.17) is 11.2 Å². The largest absolute Gasteiger partial charge is 0.444 e. The smallest absolute Gasteiger partial charge is 0.408 e. The van der Waals surface area contributed by atoms with Crippen LogP contribution in [-0.4, -0.2) is 41.0 Å². The summed E-state index contributed by atoms with van der Waals surface area (Å²) in [6.45, 7) is 11.9. The predicted molar refractivity (Wildman–Crippen MR) is 164 cm³/mol. The summed E-state index contributed by atoms with van der Waals surface area (Å²) >= 11 is 0. The van der Waals surface area contributed by atoms with E-state index in [1.54, 1.807) is 49.9 Å². The van der Waals surface area contributed by atoms with E-state index in [0.717, 1.165) is 37.7 Å². The Morgan fingerprint density at radius 2 is 1.59 bits per heavy atom. The molecule has 0 bridgehead atoms. The molecule has 0 radical (unpaired) electrons. The third-order valence-corrected chi connectivity index (χ3v) is 6.65. The fraction of sp³-hybridized carbons (Fsp3) is 0.500. The van der Waals surface area contributed by atoms with E-state index >= 15 is 0 Å². The molecule has 0 fully saturated rings. The molecule has 0 heterocycles. The first kappa shape index (κ1) is 33.4. The number of unbranched alkanes of at least 4 members (excludes halogenated alkanes) is 4. The SMILES string of the molecule is C#Cc1ccc(C(C(=O)NCc2ccccc2)N(CCCCCCC)C(=O)C(NC(=O)OC(C)(C)C)C(C)C)cc1. The summed E-state index contributed by atoms with van der Waals surface area (Å²) in [5.74, 6) is 1.73. The number of hydrogen-bond donors (Lipinski definition) is 2. The third-order valence-electron chi connectivity index (χ3n) is 6.65. The number of alkyl carbamates (subject to hydrolysis) is 1. The molecule has 2 unspecified atom stereocenters. The van der Waals surface area contributed by atoms with E-state index in [1.165, 1.54) is 0 Å². The van der Waals surface area contributed by atoms with Crippen molar-refractivity contribution in [3.63, 3.8) is 0 Å². The number of nitrogens with one attached hydrogen (secondary N) is 2. The van der Waals surface area contributed by atoms with Gasteiger partial charge in [-0.25, -0.2) is 4.79 Å². The van der Waals surface area contributed by atoms with Crippen molar-refractivity contribution in [1.29, 1.82) is 0 Å². The Morgan fingerprint density at radius 1 is 0.951 bits per heavy atom. The summed E-state index contributed by atoms with van der Waals surface area (Å²) in [5.41, 5.74) is 1.57. The average molecular weight is 562 g/mol. The molecule has 0 aliphatic carbocycles. The molecule has 2 aromatic carbocycles. The topological polar surface area (TPSA) is 87.7 Å². The molecule has 0 aliphatic heterocycles. The maximum Gasteiger partial charge on any atom is 0.408 e. The highest BCUT2D eigenvalue weighted by molar-refractivity contribution is 5.92. The van der Waals surface area contributed by atoms with Gasteiger partial charge in [-0.3, -0.25) is 9.59 Å². The molecule has 7 nitrogen and oxygen atoms in total. The van der Waals surface area contributed by atoms with Crippen molar-refractivity contribution in [2.75, 3.05) is 6.54 Å². The number of carbonyl (C=O) groups excluding carboxylic acids is 3. The van der Waals surface area contributed by atoms with Crippen LogP contribution >= 0.6 is 0 Å². The van der Waals surface area contributed by atoms with Crippen molar-refractivity contribution in [3.05, 3.63) is 71.3 Å². The van der Waals surface area contributed by atoms with Gasteiger partial charge < -0.3 is 20.3 Å². The van der Waals surface area contributed by atoms with Crippen molar-refractivity contribution in [2.24, 2.45) is 5.92 Å². The summed E-state index contributed by atoms with van der Waals surface area (Å²) in [6, 6.07) is 15.0. The minimum absolute atomic E-state index is 0.241. The van der Waals surface area contributed by atoms with Crippen LogP contribution in [0.2, 0.25) is 0 Å². The number of carbonyl (C=O) groups is 3. The van der Waals surface area contributed by atoms with Crippen LogP contribution < -0.4 is 10.6 Å². The van der Waals surface area contributed by atoms with E-state index in [1.807, 2.05) is 44.2 Å². The molecule has 0 aliphatic rings. The van der Waals surface area contributed by atoms with Crippen LogP contribution in [0.5, 0.6) is 0 Å². The normalized spacial score (nSPS) is 12.6. The predicted octanol–water partition coefficient (Wildman–Crippen LogP) is 6.37. The highest BCUT2D eigenvalue weighted by Crippen LogP contribution is 2.25. The molecule has 41 heavy (non-hydrogen) atoms. The first-order valence-corrected chi connectivity index (χ1v) is 14.6. The lowest BCUT2D eigenvalue weighted by molar-refractivity contribution is -0.143. The number of nitrogens with zero attached hydrogens (tertiary/aromatic N) is 1. The molecule has 2 rings (SSSR count). The van der Waals surface area contributed by atoms with Crippen molar-refractivity contribution >= 4 is 17.9 Å². The number of terminal acetylenes is 1. The van der Waals surface area contributed by atoms with Crippen molar-refractivity contribution in [2.45, 2.75) is 97.9 Å². The van der Waals surface area contributed by atoms with Crippen molar-refractivity contribution in [3.8, 4) is 12.3 Å². The summed E-state index contributed by atoms with van der Waals surface area (Å²) in [5, 5.41) is 5.80. The van der Waals surface area contributed by atoms with Gasteiger partial charge in [0.05, 0.1) is 0 Å². The van der Waals surface area contributed by atoms with Gasteiger partial charge in [0.1, 0.15) is 17.7 Å². The van der Waals surface area contributed by atoms with Crippen LogP contribution in [-0.2, 0) is 20.9 Å². The van der Waals surface area contributed by atoms with Gasteiger partial charge in [0.2, 0.25) is 11.8 Å². The molecule has 7 heteroatoms. The van der Waals surface area contributed by atoms with Gasteiger partial charge in [-0.1, -0.05) is 94.8 Å². The maximum absolute atomic E-state index is 14.3. The molecule has 222 valence electrons. The van der Waals surface area contributed by atoms with Crippen molar-refractivity contribution in [1.82, 2.24) is 15.5 Å². The van der Waals surface area contributed by atoms with E-state index in [9.17, 15) is 14.4 Å². The Balaban J connectivity index is 2.47. The van der Waals surface area contributed by atoms with Gasteiger partial charge in [-0.05, 0) is 56.4 Å². The second kappa shape index (κ2) is 16.5. The summed E-state index contributed by atoms with van der Waals surface area (Å²) in [4.78, 5) is 42.5. The molecule has 0 spiro atoms. The first-order chi connectivity index (χ1) is 19.5. The zero-order chi connectivity index (χ0) is 30.4. The van der Waals surface area contributed by atoms with Crippen LogP contribution in [0.3, 0.4) is 0 Å². The Bertz CT molecular complexity index is 1150. The van der Waals surface area contributed by atoms with Crippen LogP contribution in [0.25, 0.3) is 0 Å². The van der Waals surface area contributed by atoms with Gasteiger partial charge >= 0.3 is 6.09 Å². The molecule has 0 saturated heterocycles. The number of amides is 3. The zero-order valence-electron chi connectivity index (χ0n) is 25.5. The summed E-state index contributed by atoms with van der Waals surface area (Å²) in [6.07, 6.45) is 9.82.